The van der Waals surface area contributed by atoms with Gasteiger partial charge in [-0.2, -0.15) is 0 Å². The first-order chi connectivity index (χ1) is 38.0. The highest BCUT2D eigenvalue weighted by Crippen LogP contribution is 2.20. The fourth-order valence-corrected chi connectivity index (χ4v) is 11.7. The van der Waals surface area contributed by atoms with Gasteiger partial charge in [-0.05, 0) is 25.7 Å². The lowest BCUT2D eigenvalue weighted by molar-refractivity contribution is -0.143. The monoisotopic (exact) mass is 1090 g/mol. The van der Waals surface area contributed by atoms with Crippen LogP contribution in [0.15, 0.2) is 0 Å². The third kappa shape index (κ3) is 63.9. The van der Waals surface area contributed by atoms with Gasteiger partial charge in [0.1, 0.15) is 0 Å². The van der Waals surface area contributed by atoms with E-state index in [1.165, 1.54) is 347 Å². The van der Waals surface area contributed by atoms with Crippen LogP contribution in [0.4, 0.5) is 0 Å². The molecule has 0 aliphatic heterocycles. The molecule has 77 heavy (non-hydrogen) atoms. The van der Waals surface area contributed by atoms with Crippen LogP contribution in [0.5, 0.6) is 0 Å². The second-order valence-electron chi connectivity index (χ2n) is 24.9. The van der Waals surface area contributed by atoms with Crippen LogP contribution in [0.2, 0.25) is 0 Å². The first-order valence-corrected chi connectivity index (χ1v) is 35.8. The van der Waals surface area contributed by atoms with Crippen molar-refractivity contribution in [2.24, 2.45) is 0 Å². The molecule has 460 valence electrons. The zero-order chi connectivity index (χ0) is 55.7. The lowest BCUT2D eigenvalue weighted by Crippen LogP contribution is -2.45. The smallest absolute Gasteiger partial charge is 0.305 e. The van der Waals surface area contributed by atoms with E-state index in [2.05, 4.69) is 19.2 Å². The minimum absolute atomic E-state index is 0.0246. The molecule has 0 rings (SSSR count). The topological polar surface area (TPSA) is 95.9 Å². The predicted molar refractivity (Wildman–Crippen MR) is 338 cm³/mol. The van der Waals surface area contributed by atoms with E-state index in [-0.39, 0.29) is 18.5 Å². The van der Waals surface area contributed by atoms with Crippen LogP contribution in [0.1, 0.15) is 418 Å². The van der Waals surface area contributed by atoms with Crippen molar-refractivity contribution in [1.29, 1.82) is 0 Å². The number of carbonyl (C=O) groups is 2. The van der Waals surface area contributed by atoms with Gasteiger partial charge in [0.25, 0.3) is 0 Å². The first-order valence-electron chi connectivity index (χ1n) is 35.8. The molecule has 0 aliphatic carbocycles. The van der Waals surface area contributed by atoms with Crippen molar-refractivity contribution in [3.8, 4) is 0 Å². The summed E-state index contributed by atoms with van der Waals surface area (Å²) >= 11 is 0. The number of aliphatic hydroxyl groups is 2. The van der Waals surface area contributed by atoms with Crippen LogP contribution in [-0.2, 0) is 14.3 Å². The number of carbonyl (C=O) groups excluding carboxylic acids is 2. The molecule has 2 atom stereocenters. The maximum absolute atomic E-state index is 12.4. The van der Waals surface area contributed by atoms with E-state index < -0.39 is 12.1 Å². The number of hydrogen-bond donors (Lipinski definition) is 3. The number of ether oxygens (including phenoxy) is 1. The highest BCUT2D eigenvalue weighted by atomic mass is 16.5. The van der Waals surface area contributed by atoms with Crippen LogP contribution < -0.4 is 5.32 Å². The van der Waals surface area contributed by atoms with Crippen molar-refractivity contribution in [3.63, 3.8) is 0 Å². The molecule has 0 radical (unpaired) electrons. The highest BCUT2D eigenvalue weighted by molar-refractivity contribution is 5.76. The van der Waals surface area contributed by atoms with E-state index in [1.54, 1.807) is 0 Å². The fourth-order valence-electron chi connectivity index (χ4n) is 11.7. The van der Waals surface area contributed by atoms with Crippen molar-refractivity contribution in [1.82, 2.24) is 5.32 Å². The van der Waals surface area contributed by atoms with Crippen LogP contribution in [-0.4, -0.2) is 47.4 Å². The van der Waals surface area contributed by atoms with Gasteiger partial charge >= 0.3 is 5.97 Å². The van der Waals surface area contributed by atoms with Crippen molar-refractivity contribution in [2.75, 3.05) is 13.2 Å². The number of aliphatic hydroxyl groups excluding tert-OH is 2. The minimum Gasteiger partial charge on any atom is -0.466 e. The van der Waals surface area contributed by atoms with Crippen molar-refractivity contribution < 1.29 is 24.5 Å². The summed E-state index contributed by atoms with van der Waals surface area (Å²) < 4.78 is 5.48. The van der Waals surface area contributed by atoms with E-state index in [0.717, 1.165) is 38.5 Å². The molecule has 0 aromatic heterocycles. The van der Waals surface area contributed by atoms with Gasteiger partial charge in [0.15, 0.2) is 0 Å². The Hall–Kier alpha value is -1.14. The SMILES string of the molecule is CCCCCCCCCCCCCC(=O)OCCCCCCCCCCCCCCCCCCCCCCCCCCCCCCCCCCCCCCCCCC(=O)NC(CO)C(O)CCCCCCCCCCCC. The molecule has 6 nitrogen and oxygen atoms in total. The van der Waals surface area contributed by atoms with Crippen LogP contribution >= 0.6 is 0 Å². The lowest BCUT2D eigenvalue weighted by atomic mass is 10.0. The molecule has 0 saturated carbocycles. The van der Waals surface area contributed by atoms with Gasteiger partial charge in [-0.1, -0.05) is 380 Å². The summed E-state index contributed by atoms with van der Waals surface area (Å²) in [6.07, 6.45) is 81.9. The van der Waals surface area contributed by atoms with Crippen molar-refractivity contribution >= 4 is 11.9 Å². The van der Waals surface area contributed by atoms with Crippen LogP contribution in [0.3, 0.4) is 0 Å². The Labute approximate surface area is 483 Å². The number of amides is 1. The standard InChI is InChI=1S/C71H141NO5/c1-3-5-7-9-11-13-44-49-53-57-61-65-71(76)77-66-62-58-54-50-46-43-41-39-37-35-33-31-29-27-25-23-21-19-17-15-16-18-20-22-24-26-28-30-32-34-36-38-40-42-45-48-52-56-60-64-70(75)72-68(67-73)69(74)63-59-55-51-47-14-12-10-8-6-4-2/h68-69,73-74H,3-67H2,1-2H3,(H,72,75). The second kappa shape index (κ2) is 67.4. The molecule has 0 fully saturated rings. The van der Waals surface area contributed by atoms with Crippen LogP contribution in [0, 0.1) is 0 Å². The number of nitrogens with one attached hydrogen (secondary N) is 1. The van der Waals surface area contributed by atoms with Gasteiger partial charge in [-0.25, -0.2) is 0 Å². The number of esters is 1. The molecule has 2 unspecified atom stereocenters. The average molecular weight is 1090 g/mol. The Kier molecular flexibility index (Phi) is 66.4. The molecular weight excluding hydrogens is 947 g/mol. The molecule has 0 saturated heterocycles. The highest BCUT2D eigenvalue weighted by Gasteiger charge is 2.20. The summed E-state index contributed by atoms with van der Waals surface area (Å²) in [6, 6.07) is -0.533. The van der Waals surface area contributed by atoms with Crippen molar-refractivity contribution in [3.05, 3.63) is 0 Å². The third-order valence-electron chi connectivity index (χ3n) is 17.2. The minimum atomic E-state index is -0.657. The van der Waals surface area contributed by atoms with Gasteiger partial charge in [0.2, 0.25) is 5.91 Å². The molecular formula is C71H141NO5. The van der Waals surface area contributed by atoms with Gasteiger partial charge in [0, 0.05) is 12.8 Å². The summed E-state index contributed by atoms with van der Waals surface area (Å²) in [5, 5.41) is 23.2. The summed E-state index contributed by atoms with van der Waals surface area (Å²) in [4.78, 5) is 24.5. The Balaban J connectivity index is 3.25. The molecule has 0 heterocycles. The summed E-state index contributed by atoms with van der Waals surface area (Å²) in [6.45, 7) is 4.97. The van der Waals surface area contributed by atoms with E-state index >= 15 is 0 Å². The number of hydrogen-bond acceptors (Lipinski definition) is 5. The van der Waals surface area contributed by atoms with Gasteiger partial charge in [-0.3, -0.25) is 9.59 Å². The summed E-state index contributed by atoms with van der Waals surface area (Å²) in [5.74, 6) is -0.00333. The largest absolute Gasteiger partial charge is 0.466 e. The number of unbranched alkanes of at least 4 members (excludes halogenated alkanes) is 57. The molecule has 3 N–H and O–H groups in total. The maximum atomic E-state index is 12.4. The second-order valence-corrected chi connectivity index (χ2v) is 24.9. The van der Waals surface area contributed by atoms with E-state index in [1.807, 2.05) is 0 Å². The average Bonchev–Trinajstić information content (AvgIpc) is 3.43. The molecule has 0 spiro atoms. The first kappa shape index (κ1) is 75.9. The van der Waals surface area contributed by atoms with E-state index in [9.17, 15) is 19.8 Å². The van der Waals surface area contributed by atoms with Crippen LogP contribution in [0.25, 0.3) is 0 Å². The Morgan fingerprint density at radius 2 is 0.532 bits per heavy atom. The Bertz CT molecular complexity index is 1120. The third-order valence-corrected chi connectivity index (χ3v) is 17.2. The van der Waals surface area contributed by atoms with E-state index in [4.69, 9.17) is 4.74 Å². The number of rotatable bonds is 68. The molecule has 0 aromatic rings. The zero-order valence-electron chi connectivity index (χ0n) is 52.7. The van der Waals surface area contributed by atoms with Gasteiger partial charge in [-0.15, -0.1) is 0 Å². The fraction of sp³-hybridized carbons (Fsp3) is 0.972. The predicted octanol–water partition coefficient (Wildman–Crippen LogP) is 23.0. The Morgan fingerprint density at radius 3 is 0.792 bits per heavy atom. The lowest BCUT2D eigenvalue weighted by Gasteiger charge is -2.22. The summed E-state index contributed by atoms with van der Waals surface area (Å²) in [5.41, 5.74) is 0. The molecule has 0 aromatic carbocycles. The molecule has 6 heteroatoms. The van der Waals surface area contributed by atoms with Gasteiger partial charge in [0.05, 0.1) is 25.4 Å². The Morgan fingerprint density at radius 1 is 0.312 bits per heavy atom. The zero-order valence-corrected chi connectivity index (χ0v) is 52.7. The molecule has 0 bridgehead atoms. The maximum Gasteiger partial charge on any atom is 0.305 e. The quantitative estimate of drug-likeness (QED) is 0.0417. The van der Waals surface area contributed by atoms with Gasteiger partial charge < -0.3 is 20.3 Å². The summed E-state index contributed by atoms with van der Waals surface area (Å²) in [7, 11) is 0. The molecule has 1 amide bonds. The van der Waals surface area contributed by atoms with E-state index in [0.29, 0.717) is 25.9 Å². The normalized spacial score (nSPS) is 12.4. The van der Waals surface area contributed by atoms with Crippen molar-refractivity contribution in [2.45, 2.75) is 431 Å². The molecule has 0 aliphatic rings.